The van der Waals surface area contributed by atoms with E-state index < -0.39 is 0 Å². The molecule has 2 aliphatic rings. The van der Waals surface area contributed by atoms with Crippen LogP contribution in [0.3, 0.4) is 0 Å². The fourth-order valence-electron chi connectivity index (χ4n) is 4.29. The first-order chi connectivity index (χ1) is 14.1. The first-order valence-electron chi connectivity index (χ1n) is 10.2. The van der Waals surface area contributed by atoms with Gasteiger partial charge in [-0.15, -0.1) is 0 Å². The van der Waals surface area contributed by atoms with E-state index in [1.165, 1.54) is 0 Å². The maximum Gasteiger partial charge on any atom is 0.339 e. The Bertz CT molecular complexity index is 946. The van der Waals surface area contributed by atoms with E-state index in [2.05, 4.69) is 0 Å². The normalized spacial score (nSPS) is 20.3. The molecule has 1 aromatic carbocycles. The van der Waals surface area contributed by atoms with Crippen molar-refractivity contribution < 1.29 is 23.4 Å². The summed E-state index contributed by atoms with van der Waals surface area (Å²) in [5.41, 5.74) is 1.53. The average molecular weight is 401 g/mol. The molecule has 1 amide bonds. The number of likely N-dealkylation sites (tertiary alicyclic amines) is 1. The highest BCUT2D eigenvalue weighted by Crippen LogP contribution is 2.27. The van der Waals surface area contributed by atoms with Gasteiger partial charge in [-0.05, 0) is 43.9 Å². The van der Waals surface area contributed by atoms with Gasteiger partial charge < -0.3 is 23.5 Å². The summed E-state index contributed by atoms with van der Waals surface area (Å²) in [6, 6.07) is 5.43. The summed E-state index contributed by atoms with van der Waals surface area (Å²) < 4.78 is 21.9. The van der Waals surface area contributed by atoms with Gasteiger partial charge >= 0.3 is 5.63 Å². The lowest BCUT2D eigenvalue weighted by molar-refractivity contribution is -0.139. The predicted octanol–water partition coefficient (Wildman–Crippen LogP) is 2.65. The van der Waals surface area contributed by atoms with Gasteiger partial charge in [0.25, 0.3) is 0 Å². The third kappa shape index (κ3) is 4.16. The highest BCUT2D eigenvalue weighted by atomic mass is 16.7. The van der Waals surface area contributed by atoms with Crippen molar-refractivity contribution in [2.75, 3.05) is 33.4 Å². The van der Waals surface area contributed by atoms with Crippen LogP contribution in [0.15, 0.2) is 27.4 Å². The van der Waals surface area contributed by atoms with Crippen LogP contribution < -0.4 is 10.4 Å². The van der Waals surface area contributed by atoms with Crippen molar-refractivity contribution in [2.45, 2.75) is 38.9 Å². The van der Waals surface area contributed by atoms with Crippen molar-refractivity contribution in [1.29, 1.82) is 0 Å². The maximum atomic E-state index is 12.8. The lowest BCUT2D eigenvalue weighted by Crippen LogP contribution is -2.44. The Morgan fingerprint density at radius 1 is 1.28 bits per heavy atom. The molecule has 156 valence electrons. The second-order valence-corrected chi connectivity index (χ2v) is 7.71. The smallest absolute Gasteiger partial charge is 0.339 e. The first-order valence-corrected chi connectivity index (χ1v) is 10.2. The van der Waals surface area contributed by atoms with E-state index in [1.54, 1.807) is 13.2 Å². The minimum atomic E-state index is -0.389. The largest absolute Gasteiger partial charge is 0.497 e. The van der Waals surface area contributed by atoms with Crippen LogP contribution in [0, 0.1) is 12.8 Å². The molecule has 0 saturated carbocycles. The zero-order valence-electron chi connectivity index (χ0n) is 16.9. The fraction of sp³-hybridized carbons (Fsp3) is 0.545. The predicted molar refractivity (Wildman–Crippen MR) is 107 cm³/mol. The van der Waals surface area contributed by atoms with Crippen LogP contribution in [-0.2, 0) is 20.7 Å². The number of methoxy groups -OCH3 is 1. The maximum absolute atomic E-state index is 12.8. The third-order valence-electron chi connectivity index (χ3n) is 5.93. The van der Waals surface area contributed by atoms with E-state index in [0.29, 0.717) is 43.1 Å². The van der Waals surface area contributed by atoms with Crippen molar-refractivity contribution in [3.8, 4) is 5.75 Å². The minimum Gasteiger partial charge on any atom is -0.497 e. The van der Waals surface area contributed by atoms with Crippen LogP contribution in [0.4, 0.5) is 0 Å². The van der Waals surface area contributed by atoms with Gasteiger partial charge in [-0.2, -0.15) is 0 Å². The molecule has 2 saturated heterocycles. The SMILES string of the molecule is COc1ccc2c(C)c(CCC(=O)N3CCCC(C4OCCO4)C3)c(=O)oc2c1. The summed E-state index contributed by atoms with van der Waals surface area (Å²) >= 11 is 0. The monoisotopic (exact) mass is 401 g/mol. The summed E-state index contributed by atoms with van der Waals surface area (Å²) in [4.78, 5) is 27.2. The Balaban J connectivity index is 1.44. The van der Waals surface area contributed by atoms with Crippen molar-refractivity contribution in [3.05, 3.63) is 39.7 Å². The van der Waals surface area contributed by atoms with Crippen LogP contribution >= 0.6 is 0 Å². The third-order valence-corrected chi connectivity index (χ3v) is 5.93. The number of fused-ring (bicyclic) bond motifs is 1. The van der Waals surface area contributed by atoms with Crippen molar-refractivity contribution >= 4 is 16.9 Å². The molecule has 2 fully saturated rings. The summed E-state index contributed by atoms with van der Waals surface area (Å²) in [5, 5.41) is 0.862. The molecule has 1 unspecified atom stereocenters. The number of amides is 1. The molecule has 0 bridgehead atoms. The van der Waals surface area contributed by atoms with Gasteiger partial charge in [0, 0.05) is 42.4 Å². The number of carbonyl (C=O) groups excluding carboxylic acids is 1. The first kappa shape index (κ1) is 19.9. The van der Waals surface area contributed by atoms with E-state index in [1.807, 2.05) is 24.0 Å². The van der Waals surface area contributed by atoms with Crippen LogP contribution in [0.5, 0.6) is 5.75 Å². The van der Waals surface area contributed by atoms with Gasteiger partial charge in [0.15, 0.2) is 6.29 Å². The number of carbonyl (C=O) groups is 1. The molecule has 1 atom stereocenters. The van der Waals surface area contributed by atoms with Gasteiger partial charge in [0.2, 0.25) is 5.91 Å². The standard InChI is InChI=1S/C22H27NO6/c1-14-17-6-5-16(26-2)12-19(17)29-21(25)18(14)7-8-20(24)23-9-3-4-15(13-23)22-27-10-11-28-22/h5-6,12,15,22H,3-4,7-11,13H2,1-2H3. The Morgan fingerprint density at radius 3 is 2.83 bits per heavy atom. The van der Waals surface area contributed by atoms with Gasteiger partial charge in [-0.3, -0.25) is 4.79 Å². The number of ether oxygens (including phenoxy) is 3. The number of nitrogens with zero attached hydrogens (tertiary/aromatic N) is 1. The number of piperidine rings is 1. The molecule has 29 heavy (non-hydrogen) atoms. The molecule has 0 aliphatic carbocycles. The number of rotatable bonds is 5. The van der Waals surface area contributed by atoms with Crippen molar-refractivity contribution in [2.24, 2.45) is 5.92 Å². The molecule has 2 aromatic rings. The average Bonchev–Trinajstić information content (AvgIpc) is 3.28. The molecule has 2 aliphatic heterocycles. The van der Waals surface area contributed by atoms with E-state index in [9.17, 15) is 9.59 Å². The quantitative estimate of drug-likeness (QED) is 0.717. The van der Waals surface area contributed by atoms with Crippen LogP contribution in [0.1, 0.15) is 30.4 Å². The minimum absolute atomic E-state index is 0.0568. The highest BCUT2D eigenvalue weighted by molar-refractivity contribution is 5.82. The molecule has 1 aromatic heterocycles. The Hall–Kier alpha value is -2.38. The van der Waals surface area contributed by atoms with Gasteiger partial charge in [-0.1, -0.05) is 0 Å². The van der Waals surface area contributed by atoms with Crippen molar-refractivity contribution in [3.63, 3.8) is 0 Å². The van der Waals surface area contributed by atoms with E-state index in [0.717, 1.165) is 30.3 Å². The Morgan fingerprint density at radius 2 is 2.07 bits per heavy atom. The van der Waals surface area contributed by atoms with E-state index >= 15 is 0 Å². The topological polar surface area (TPSA) is 78.2 Å². The molecule has 0 spiro atoms. The van der Waals surface area contributed by atoms with Crippen LogP contribution in [0.2, 0.25) is 0 Å². The van der Waals surface area contributed by atoms with Crippen LogP contribution in [0.25, 0.3) is 11.0 Å². The highest BCUT2D eigenvalue weighted by Gasteiger charge is 2.32. The number of benzene rings is 1. The fourth-order valence-corrected chi connectivity index (χ4v) is 4.29. The number of aryl methyl sites for hydroxylation is 1. The van der Waals surface area contributed by atoms with E-state index in [-0.39, 0.29) is 30.2 Å². The zero-order chi connectivity index (χ0) is 20.4. The molecule has 4 rings (SSSR count). The molecule has 3 heterocycles. The summed E-state index contributed by atoms with van der Waals surface area (Å²) in [7, 11) is 1.57. The number of hydrogen-bond acceptors (Lipinski definition) is 6. The molecule has 7 nitrogen and oxygen atoms in total. The summed E-state index contributed by atoms with van der Waals surface area (Å²) in [6.07, 6.45) is 2.40. The second kappa shape index (κ2) is 8.55. The van der Waals surface area contributed by atoms with Gasteiger partial charge in [0.05, 0.1) is 20.3 Å². The number of hydrogen-bond donors (Lipinski definition) is 0. The Labute approximate surface area is 169 Å². The zero-order valence-corrected chi connectivity index (χ0v) is 16.9. The second-order valence-electron chi connectivity index (χ2n) is 7.71. The lowest BCUT2D eigenvalue weighted by atomic mass is 9.96. The molecular weight excluding hydrogens is 374 g/mol. The van der Waals surface area contributed by atoms with Gasteiger partial charge in [0.1, 0.15) is 11.3 Å². The van der Waals surface area contributed by atoms with E-state index in [4.69, 9.17) is 18.6 Å². The Kier molecular flexibility index (Phi) is 5.87. The molecule has 0 N–H and O–H groups in total. The van der Waals surface area contributed by atoms with Gasteiger partial charge in [-0.25, -0.2) is 4.79 Å². The molecular formula is C22H27NO6. The van der Waals surface area contributed by atoms with Crippen molar-refractivity contribution in [1.82, 2.24) is 4.90 Å². The summed E-state index contributed by atoms with van der Waals surface area (Å²) in [6.45, 7) is 4.54. The van der Waals surface area contributed by atoms with Crippen LogP contribution in [-0.4, -0.2) is 50.5 Å². The lowest BCUT2D eigenvalue weighted by Gasteiger charge is -2.34. The molecule has 0 radical (unpaired) electrons. The summed E-state index contributed by atoms with van der Waals surface area (Å²) in [5.74, 6) is 0.914. The molecule has 7 heteroatoms.